The number of aromatic nitrogens is 1. The summed E-state index contributed by atoms with van der Waals surface area (Å²) in [5.74, 6) is -1.83. The quantitative estimate of drug-likeness (QED) is 0.512. The Balaban J connectivity index is 2.08. The minimum atomic E-state index is -0.648. The Morgan fingerprint density at radius 3 is 2.54 bits per heavy atom. The second-order valence-corrected chi connectivity index (χ2v) is 6.37. The van der Waals surface area contributed by atoms with Gasteiger partial charge in [0.15, 0.2) is 5.11 Å². The summed E-state index contributed by atoms with van der Waals surface area (Å²) < 4.78 is 16.2. The number of thiocarbonyl (C=S) groups is 1. The Kier molecular flexibility index (Phi) is 4.73. The second kappa shape index (κ2) is 6.84. The summed E-state index contributed by atoms with van der Waals surface area (Å²) in [4.78, 5) is 26.3. The Morgan fingerprint density at radius 1 is 1.23 bits per heavy atom. The summed E-state index contributed by atoms with van der Waals surface area (Å²) in [5, 5.41) is 2.33. The number of aryl methyl sites for hydroxylation is 1. The fourth-order valence-electron chi connectivity index (χ4n) is 3.13. The molecule has 0 radical (unpaired) electrons. The van der Waals surface area contributed by atoms with Crippen LogP contribution in [0.15, 0.2) is 35.9 Å². The van der Waals surface area contributed by atoms with E-state index in [0.717, 1.165) is 28.4 Å². The van der Waals surface area contributed by atoms with Gasteiger partial charge in [-0.05, 0) is 62.8 Å². The first-order valence-corrected chi connectivity index (χ1v) is 8.58. The molecular weight excluding hydrogens is 353 g/mol. The molecule has 7 heteroatoms. The Labute approximate surface area is 156 Å². The molecule has 1 saturated heterocycles. The van der Waals surface area contributed by atoms with Gasteiger partial charge in [-0.25, -0.2) is 9.29 Å². The SMILES string of the molecule is CCn1c(C)cc(C=C2C(=O)NC(=S)N(c3ccccc3F)C2=O)c1C. The molecule has 1 aliphatic heterocycles. The molecule has 0 spiro atoms. The highest BCUT2D eigenvalue weighted by atomic mass is 32.1. The molecule has 5 nitrogen and oxygen atoms in total. The molecule has 1 aromatic carbocycles. The second-order valence-electron chi connectivity index (χ2n) is 5.98. The van der Waals surface area contributed by atoms with Crippen molar-refractivity contribution in [3.8, 4) is 0 Å². The maximum Gasteiger partial charge on any atom is 0.270 e. The van der Waals surface area contributed by atoms with Crippen molar-refractivity contribution in [2.45, 2.75) is 27.3 Å². The number of nitrogens with one attached hydrogen (secondary N) is 1. The molecule has 1 aromatic heterocycles. The molecule has 2 aromatic rings. The van der Waals surface area contributed by atoms with E-state index in [0.29, 0.717) is 0 Å². The van der Waals surface area contributed by atoms with E-state index in [1.807, 2.05) is 26.8 Å². The first-order chi connectivity index (χ1) is 12.3. The summed E-state index contributed by atoms with van der Waals surface area (Å²) >= 11 is 5.09. The highest BCUT2D eigenvalue weighted by Crippen LogP contribution is 2.25. The van der Waals surface area contributed by atoms with Crippen molar-refractivity contribution >= 4 is 40.9 Å². The molecule has 0 unspecified atom stereocenters. The predicted octanol–water partition coefficient (Wildman–Crippen LogP) is 3.10. The van der Waals surface area contributed by atoms with Crippen molar-refractivity contribution in [3.63, 3.8) is 0 Å². The largest absolute Gasteiger partial charge is 0.349 e. The van der Waals surface area contributed by atoms with E-state index >= 15 is 0 Å². The van der Waals surface area contributed by atoms with Crippen LogP contribution < -0.4 is 10.2 Å². The number of hydrogen-bond donors (Lipinski definition) is 1. The molecule has 3 rings (SSSR count). The van der Waals surface area contributed by atoms with Gasteiger partial charge in [-0.2, -0.15) is 0 Å². The van der Waals surface area contributed by atoms with Gasteiger partial charge in [0.05, 0.1) is 5.69 Å². The monoisotopic (exact) mass is 371 g/mol. The number of carbonyl (C=O) groups is 2. The molecule has 1 N–H and O–H groups in total. The average molecular weight is 371 g/mol. The molecule has 0 atom stereocenters. The van der Waals surface area contributed by atoms with Crippen molar-refractivity contribution < 1.29 is 14.0 Å². The van der Waals surface area contributed by atoms with Gasteiger partial charge in [0.1, 0.15) is 11.4 Å². The third kappa shape index (κ3) is 2.94. The Bertz CT molecular complexity index is 962. The van der Waals surface area contributed by atoms with Crippen LogP contribution in [-0.4, -0.2) is 21.5 Å². The van der Waals surface area contributed by atoms with Gasteiger partial charge in [0, 0.05) is 17.9 Å². The lowest BCUT2D eigenvalue weighted by Gasteiger charge is -2.29. The number of carbonyl (C=O) groups excluding carboxylic acids is 2. The van der Waals surface area contributed by atoms with E-state index in [4.69, 9.17) is 12.2 Å². The van der Waals surface area contributed by atoms with Crippen LogP contribution in [-0.2, 0) is 16.1 Å². The maximum absolute atomic E-state index is 14.1. The number of hydrogen-bond acceptors (Lipinski definition) is 3. The standard InChI is InChI=1S/C19H18FN3O2S/c1-4-22-11(2)9-13(12(22)3)10-14-17(24)21-19(26)23(18(14)25)16-8-6-5-7-15(16)20/h5-10H,4H2,1-3H3,(H,21,24,26). The van der Waals surface area contributed by atoms with Gasteiger partial charge in [-0.1, -0.05) is 12.1 Å². The summed E-state index contributed by atoms with van der Waals surface area (Å²) in [5.41, 5.74) is 2.67. The molecule has 0 saturated carbocycles. The zero-order chi connectivity index (χ0) is 19.0. The Hall–Kier alpha value is -2.80. The predicted molar refractivity (Wildman–Crippen MR) is 102 cm³/mol. The van der Waals surface area contributed by atoms with E-state index in [1.165, 1.54) is 24.3 Å². The van der Waals surface area contributed by atoms with Gasteiger partial charge in [0.25, 0.3) is 11.8 Å². The topological polar surface area (TPSA) is 54.3 Å². The Morgan fingerprint density at radius 2 is 1.92 bits per heavy atom. The highest BCUT2D eigenvalue weighted by molar-refractivity contribution is 7.80. The van der Waals surface area contributed by atoms with Crippen LogP contribution in [0.1, 0.15) is 23.9 Å². The fourth-order valence-corrected chi connectivity index (χ4v) is 3.40. The molecule has 26 heavy (non-hydrogen) atoms. The third-order valence-electron chi connectivity index (χ3n) is 4.42. The van der Waals surface area contributed by atoms with Crippen LogP contribution in [0.4, 0.5) is 10.1 Å². The van der Waals surface area contributed by atoms with Crippen LogP contribution in [0.3, 0.4) is 0 Å². The van der Waals surface area contributed by atoms with E-state index in [-0.39, 0.29) is 16.4 Å². The van der Waals surface area contributed by atoms with E-state index in [2.05, 4.69) is 9.88 Å². The zero-order valence-electron chi connectivity index (χ0n) is 14.7. The lowest BCUT2D eigenvalue weighted by atomic mass is 10.1. The van der Waals surface area contributed by atoms with Crippen molar-refractivity contribution in [1.82, 2.24) is 9.88 Å². The minimum Gasteiger partial charge on any atom is -0.349 e. The number of anilines is 1. The van der Waals surface area contributed by atoms with E-state index in [9.17, 15) is 14.0 Å². The third-order valence-corrected chi connectivity index (χ3v) is 4.71. The number of para-hydroxylation sites is 1. The van der Waals surface area contributed by atoms with Crippen LogP contribution in [0.5, 0.6) is 0 Å². The average Bonchev–Trinajstić information content (AvgIpc) is 2.86. The number of benzene rings is 1. The number of nitrogens with zero attached hydrogens (tertiary/aromatic N) is 2. The van der Waals surface area contributed by atoms with Gasteiger partial charge in [-0.3, -0.25) is 14.9 Å². The molecule has 2 heterocycles. The van der Waals surface area contributed by atoms with E-state index < -0.39 is 17.6 Å². The van der Waals surface area contributed by atoms with Crippen LogP contribution >= 0.6 is 12.2 Å². The smallest absolute Gasteiger partial charge is 0.270 e. The van der Waals surface area contributed by atoms with Gasteiger partial charge >= 0.3 is 0 Å². The normalized spacial score (nSPS) is 16.4. The first kappa shape index (κ1) is 18.0. The van der Waals surface area contributed by atoms with Crippen molar-refractivity contribution in [2.24, 2.45) is 0 Å². The number of rotatable bonds is 3. The van der Waals surface area contributed by atoms with Crippen LogP contribution in [0.25, 0.3) is 6.08 Å². The highest BCUT2D eigenvalue weighted by Gasteiger charge is 2.35. The lowest BCUT2D eigenvalue weighted by Crippen LogP contribution is -2.54. The molecule has 134 valence electrons. The lowest BCUT2D eigenvalue weighted by molar-refractivity contribution is -0.122. The van der Waals surface area contributed by atoms with Gasteiger partial charge < -0.3 is 4.57 Å². The number of amides is 2. The van der Waals surface area contributed by atoms with Crippen LogP contribution in [0.2, 0.25) is 0 Å². The summed E-state index contributed by atoms with van der Waals surface area (Å²) in [6, 6.07) is 7.71. The summed E-state index contributed by atoms with van der Waals surface area (Å²) in [7, 11) is 0. The van der Waals surface area contributed by atoms with Crippen molar-refractivity contribution in [2.75, 3.05) is 4.90 Å². The van der Waals surface area contributed by atoms with E-state index in [1.54, 1.807) is 6.07 Å². The molecular formula is C19H18FN3O2S. The molecule has 2 amide bonds. The number of halogens is 1. The molecule has 0 bridgehead atoms. The molecule has 1 fully saturated rings. The fraction of sp³-hybridized carbons (Fsp3) is 0.211. The van der Waals surface area contributed by atoms with Crippen molar-refractivity contribution in [3.05, 3.63) is 58.7 Å². The van der Waals surface area contributed by atoms with Crippen molar-refractivity contribution in [1.29, 1.82) is 0 Å². The minimum absolute atomic E-state index is 0.00688. The summed E-state index contributed by atoms with van der Waals surface area (Å²) in [6.45, 7) is 6.69. The van der Waals surface area contributed by atoms with Gasteiger partial charge in [-0.15, -0.1) is 0 Å². The van der Waals surface area contributed by atoms with Gasteiger partial charge in [0.2, 0.25) is 0 Å². The summed E-state index contributed by atoms with van der Waals surface area (Å²) in [6.07, 6.45) is 1.53. The zero-order valence-corrected chi connectivity index (χ0v) is 15.5. The molecule has 1 aliphatic rings. The first-order valence-electron chi connectivity index (χ1n) is 8.17. The van der Waals surface area contributed by atoms with Crippen LogP contribution in [0, 0.1) is 19.7 Å². The maximum atomic E-state index is 14.1. The molecule has 0 aliphatic carbocycles.